The number of anilines is 1. The number of amides is 1. The van der Waals surface area contributed by atoms with Crippen molar-refractivity contribution >= 4 is 50.2 Å². The highest BCUT2D eigenvalue weighted by Crippen LogP contribution is 2.33. The van der Waals surface area contributed by atoms with Crippen molar-refractivity contribution < 1.29 is 14.4 Å². The molecule has 1 amide bonds. The van der Waals surface area contributed by atoms with E-state index in [4.69, 9.17) is 0 Å². The molecule has 0 aromatic heterocycles. The van der Waals surface area contributed by atoms with Gasteiger partial charge in [0.05, 0.1) is 5.69 Å². The van der Waals surface area contributed by atoms with Crippen LogP contribution in [0.1, 0.15) is 30.6 Å². The smallest absolute Gasteiger partial charge is 0.227 e. The molecule has 1 heterocycles. The zero-order chi connectivity index (χ0) is 15.6. The average Bonchev–Trinajstić information content (AvgIpc) is 2.78. The largest absolute Gasteiger partial charge is 0.311 e. The van der Waals surface area contributed by atoms with Gasteiger partial charge < -0.3 is 4.90 Å². The lowest BCUT2D eigenvalue weighted by atomic mass is 10.1. The molecule has 0 saturated carbocycles. The highest BCUT2D eigenvalue weighted by atomic mass is 79.9. The van der Waals surface area contributed by atoms with Crippen LogP contribution in [0.15, 0.2) is 22.7 Å². The van der Waals surface area contributed by atoms with Crippen LogP contribution in [0.3, 0.4) is 0 Å². The van der Waals surface area contributed by atoms with E-state index in [1.807, 2.05) is 0 Å². The lowest BCUT2D eigenvalue weighted by molar-refractivity contribution is -0.117. The Hall–Kier alpha value is -1.14. The second-order valence-corrected chi connectivity index (χ2v) is 7.15. The highest BCUT2D eigenvalue weighted by Gasteiger charge is 2.32. The van der Waals surface area contributed by atoms with Crippen LogP contribution in [0.2, 0.25) is 0 Å². The second kappa shape index (κ2) is 6.75. The maximum absolute atomic E-state index is 12.2. The number of rotatable bonds is 4. The van der Waals surface area contributed by atoms with Crippen LogP contribution >= 0.6 is 27.7 Å². The van der Waals surface area contributed by atoms with Gasteiger partial charge in [0, 0.05) is 35.7 Å². The minimum atomic E-state index is -0.0286. The van der Waals surface area contributed by atoms with Crippen LogP contribution in [-0.4, -0.2) is 29.1 Å². The first-order valence-corrected chi connectivity index (χ1v) is 8.40. The predicted octanol–water partition coefficient (Wildman–Crippen LogP) is 3.28. The Bertz CT molecular complexity index is 603. The summed E-state index contributed by atoms with van der Waals surface area (Å²) >= 11 is 4.69. The number of carbonyl (C=O) groups is 3. The fourth-order valence-electron chi connectivity index (χ4n) is 2.30. The van der Waals surface area contributed by atoms with E-state index in [0.29, 0.717) is 24.3 Å². The standard InChI is InChI=1S/C15H16BrNO3S/c1-9(18)12-3-4-13(16)14(6-12)17-7-11(5-15(17)20)8-21-10(2)19/h3-4,6,11H,5,7-8H2,1-2H3. The van der Waals surface area contributed by atoms with E-state index in [9.17, 15) is 14.4 Å². The highest BCUT2D eigenvalue weighted by molar-refractivity contribution is 9.10. The van der Waals surface area contributed by atoms with Crippen LogP contribution in [0.4, 0.5) is 5.69 Å². The molecular formula is C15H16BrNO3S. The van der Waals surface area contributed by atoms with Gasteiger partial charge in [-0.1, -0.05) is 17.8 Å². The second-order valence-electron chi connectivity index (χ2n) is 5.10. The number of hydrogen-bond donors (Lipinski definition) is 0. The zero-order valence-corrected chi connectivity index (χ0v) is 14.3. The fraction of sp³-hybridized carbons (Fsp3) is 0.400. The fourth-order valence-corrected chi connectivity index (χ4v) is 3.45. The summed E-state index contributed by atoms with van der Waals surface area (Å²) in [6.45, 7) is 3.62. The minimum absolute atomic E-state index is 0.0286. The van der Waals surface area contributed by atoms with Gasteiger partial charge in [0.1, 0.15) is 0 Å². The van der Waals surface area contributed by atoms with Gasteiger partial charge in [-0.05, 0) is 40.9 Å². The molecule has 112 valence electrons. The first-order valence-electron chi connectivity index (χ1n) is 6.62. The van der Waals surface area contributed by atoms with Crippen LogP contribution in [-0.2, 0) is 9.59 Å². The third-order valence-electron chi connectivity index (χ3n) is 3.37. The van der Waals surface area contributed by atoms with E-state index >= 15 is 0 Å². The molecular weight excluding hydrogens is 354 g/mol. The van der Waals surface area contributed by atoms with E-state index in [1.54, 1.807) is 23.1 Å². The Morgan fingerprint density at radius 3 is 2.71 bits per heavy atom. The van der Waals surface area contributed by atoms with Crippen molar-refractivity contribution in [2.45, 2.75) is 20.3 Å². The summed E-state index contributed by atoms with van der Waals surface area (Å²) in [6, 6.07) is 5.27. The van der Waals surface area contributed by atoms with E-state index in [1.165, 1.54) is 25.6 Å². The summed E-state index contributed by atoms with van der Waals surface area (Å²) in [7, 11) is 0. The van der Waals surface area contributed by atoms with E-state index in [-0.39, 0.29) is 22.7 Å². The third-order valence-corrected chi connectivity index (χ3v) is 5.09. The third kappa shape index (κ3) is 3.95. The quantitative estimate of drug-likeness (QED) is 0.764. The monoisotopic (exact) mass is 369 g/mol. The normalized spacial score (nSPS) is 18.1. The summed E-state index contributed by atoms with van der Waals surface area (Å²) in [5, 5.41) is 0.0701. The number of benzene rings is 1. The molecule has 2 rings (SSSR count). The van der Waals surface area contributed by atoms with Crippen LogP contribution in [0, 0.1) is 5.92 Å². The van der Waals surface area contributed by atoms with Crippen LogP contribution < -0.4 is 4.90 Å². The van der Waals surface area contributed by atoms with Gasteiger partial charge in [0.15, 0.2) is 10.9 Å². The maximum atomic E-state index is 12.2. The Balaban J connectivity index is 2.18. The predicted molar refractivity (Wildman–Crippen MR) is 87.7 cm³/mol. The molecule has 0 bridgehead atoms. The molecule has 1 saturated heterocycles. The van der Waals surface area contributed by atoms with Crippen molar-refractivity contribution in [3.63, 3.8) is 0 Å². The molecule has 1 aliphatic heterocycles. The molecule has 0 N–H and O–H groups in total. The number of hydrogen-bond acceptors (Lipinski definition) is 4. The van der Waals surface area contributed by atoms with Crippen molar-refractivity contribution in [2.75, 3.05) is 17.2 Å². The van der Waals surface area contributed by atoms with Gasteiger partial charge in [-0.15, -0.1) is 0 Å². The lowest BCUT2D eigenvalue weighted by Crippen LogP contribution is -2.25. The van der Waals surface area contributed by atoms with Crippen molar-refractivity contribution in [1.82, 2.24) is 0 Å². The average molecular weight is 370 g/mol. The maximum Gasteiger partial charge on any atom is 0.227 e. The number of ketones is 1. The van der Waals surface area contributed by atoms with E-state index < -0.39 is 0 Å². The summed E-state index contributed by atoms with van der Waals surface area (Å²) in [4.78, 5) is 36.4. The summed E-state index contributed by atoms with van der Waals surface area (Å²) in [5.41, 5.74) is 1.31. The van der Waals surface area contributed by atoms with Gasteiger partial charge in [-0.25, -0.2) is 0 Å². The van der Waals surface area contributed by atoms with Crippen LogP contribution in [0.5, 0.6) is 0 Å². The van der Waals surface area contributed by atoms with Crippen molar-refractivity contribution in [3.8, 4) is 0 Å². The lowest BCUT2D eigenvalue weighted by Gasteiger charge is -2.19. The first-order chi connectivity index (χ1) is 9.88. The molecule has 21 heavy (non-hydrogen) atoms. The van der Waals surface area contributed by atoms with E-state index in [0.717, 1.165) is 10.2 Å². The Kier molecular flexibility index (Phi) is 5.22. The molecule has 6 heteroatoms. The summed E-state index contributed by atoms with van der Waals surface area (Å²) < 4.78 is 0.792. The number of halogens is 1. The summed E-state index contributed by atoms with van der Waals surface area (Å²) in [5.74, 6) is 0.825. The molecule has 1 fully saturated rings. The number of Topliss-reactive ketones (excluding diaryl/α,β-unsaturated/α-hetero) is 1. The van der Waals surface area contributed by atoms with Crippen LogP contribution in [0.25, 0.3) is 0 Å². The van der Waals surface area contributed by atoms with Gasteiger partial charge in [0.2, 0.25) is 5.91 Å². The Morgan fingerprint density at radius 1 is 1.38 bits per heavy atom. The van der Waals surface area contributed by atoms with E-state index in [2.05, 4.69) is 15.9 Å². The Morgan fingerprint density at radius 2 is 2.10 bits per heavy atom. The number of nitrogens with zero attached hydrogens (tertiary/aromatic N) is 1. The molecule has 0 radical (unpaired) electrons. The molecule has 1 aliphatic rings. The zero-order valence-electron chi connectivity index (χ0n) is 11.9. The molecule has 1 aromatic carbocycles. The van der Waals surface area contributed by atoms with Gasteiger partial charge in [-0.3, -0.25) is 14.4 Å². The topological polar surface area (TPSA) is 54.5 Å². The SMILES string of the molecule is CC(=O)SCC1CC(=O)N(c2cc(C(C)=O)ccc2Br)C1. The summed E-state index contributed by atoms with van der Waals surface area (Å²) in [6.07, 6.45) is 0.441. The minimum Gasteiger partial charge on any atom is -0.311 e. The molecule has 1 atom stereocenters. The first kappa shape index (κ1) is 16.2. The Labute approximate surface area is 136 Å². The molecule has 1 aromatic rings. The number of carbonyl (C=O) groups excluding carboxylic acids is 3. The van der Waals surface area contributed by atoms with Crippen molar-refractivity contribution in [3.05, 3.63) is 28.2 Å². The number of thioether (sulfide) groups is 1. The van der Waals surface area contributed by atoms with Crippen molar-refractivity contribution in [1.29, 1.82) is 0 Å². The van der Waals surface area contributed by atoms with Gasteiger partial charge in [-0.2, -0.15) is 0 Å². The molecule has 1 unspecified atom stereocenters. The molecule has 4 nitrogen and oxygen atoms in total. The van der Waals surface area contributed by atoms with Crippen molar-refractivity contribution in [2.24, 2.45) is 5.92 Å². The molecule has 0 aliphatic carbocycles. The van der Waals surface area contributed by atoms with Gasteiger partial charge in [0.25, 0.3) is 0 Å². The van der Waals surface area contributed by atoms with Gasteiger partial charge >= 0.3 is 0 Å². The molecule has 0 spiro atoms.